The standard InChI is InChI=1S/C21H16N4O6S/c1-11-22-23-21(32-11)24-17(12-3-7-14(8-4-12)25(29)30)16(19(27)20(24)28)18(26)13-5-9-15(31-2)10-6-13/h3-10,17,26H,1-2H3/b18-16+/t17-/m0/s1. The minimum atomic E-state index is -1.04. The fourth-order valence-corrected chi connectivity index (χ4v) is 4.13. The number of rotatable bonds is 5. The van der Waals surface area contributed by atoms with E-state index in [4.69, 9.17) is 4.74 Å². The van der Waals surface area contributed by atoms with Crippen molar-refractivity contribution in [1.29, 1.82) is 0 Å². The quantitative estimate of drug-likeness (QED) is 0.205. The lowest BCUT2D eigenvalue weighted by Gasteiger charge is -2.22. The van der Waals surface area contributed by atoms with Crippen LogP contribution >= 0.6 is 11.3 Å². The van der Waals surface area contributed by atoms with Crippen molar-refractivity contribution >= 4 is 39.6 Å². The summed E-state index contributed by atoms with van der Waals surface area (Å²) >= 11 is 1.11. The SMILES string of the molecule is COc1ccc(/C(O)=C2\C(=O)C(=O)N(c3nnc(C)s3)[C@H]2c2ccc([N+](=O)[O-])cc2)cc1. The minimum absolute atomic E-state index is 0.146. The van der Waals surface area contributed by atoms with Crippen LogP contribution in [-0.4, -0.2) is 39.0 Å². The van der Waals surface area contributed by atoms with Gasteiger partial charge in [0.05, 0.1) is 23.6 Å². The molecule has 11 heteroatoms. The average Bonchev–Trinajstić information content (AvgIpc) is 3.34. The van der Waals surface area contributed by atoms with Crippen molar-refractivity contribution in [1.82, 2.24) is 10.2 Å². The summed E-state index contributed by atoms with van der Waals surface area (Å²) in [6.45, 7) is 1.70. The van der Waals surface area contributed by atoms with Gasteiger partial charge < -0.3 is 9.84 Å². The molecule has 1 fully saturated rings. The summed E-state index contributed by atoms with van der Waals surface area (Å²) in [4.78, 5) is 37.6. The van der Waals surface area contributed by atoms with Crippen LogP contribution in [0.4, 0.5) is 10.8 Å². The summed E-state index contributed by atoms with van der Waals surface area (Å²) < 4.78 is 5.11. The number of aromatic nitrogens is 2. The van der Waals surface area contributed by atoms with E-state index in [1.165, 1.54) is 31.4 Å². The second kappa shape index (κ2) is 8.19. The molecular weight excluding hydrogens is 436 g/mol. The maximum atomic E-state index is 13.0. The molecule has 0 unspecified atom stereocenters. The number of aryl methyl sites for hydroxylation is 1. The van der Waals surface area contributed by atoms with Gasteiger partial charge in [0.25, 0.3) is 11.5 Å². The van der Waals surface area contributed by atoms with E-state index in [1.54, 1.807) is 31.2 Å². The van der Waals surface area contributed by atoms with E-state index >= 15 is 0 Å². The van der Waals surface area contributed by atoms with Crippen LogP contribution in [0.5, 0.6) is 5.75 Å². The van der Waals surface area contributed by atoms with E-state index in [0.717, 1.165) is 16.2 Å². The number of Topliss-reactive ketones (excluding diaryl/α,β-unsaturated/α-hetero) is 1. The molecule has 0 saturated carbocycles. The Balaban J connectivity index is 1.90. The van der Waals surface area contributed by atoms with Gasteiger partial charge in [0.1, 0.15) is 16.5 Å². The van der Waals surface area contributed by atoms with Crippen LogP contribution < -0.4 is 9.64 Å². The second-order valence-electron chi connectivity index (χ2n) is 6.85. The number of aliphatic hydroxyl groups is 1. The van der Waals surface area contributed by atoms with Crippen LogP contribution in [0.2, 0.25) is 0 Å². The molecule has 0 spiro atoms. The third-order valence-electron chi connectivity index (χ3n) is 4.95. The molecule has 0 radical (unpaired) electrons. The molecule has 1 aromatic heterocycles. The molecule has 2 aromatic carbocycles. The third kappa shape index (κ3) is 3.58. The summed E-state index contributed by atoms with van der Waals surface area (Å²) in [7, 11) is 1.50. The Labute approximate surface area is 185 Å². The minimum Gasteiger partial charge on any atom is -0.507 e. The van der Waals surface area contributed by atoms with E-state index in [1.807, 2.05) is 0 Å². The van der Waals surface area contributed by atoms with Crippen LogP contribution in [0.1, 0.15) is 22.2 Å². The molecule has 10 nitrogen and oxygen atoms in total. The Bertz CT molecular complexity index is 1250. The molecule has 1 aliphatic heterocycles. The number of carbonyl (C=O) groups excluding carboxylic acids is 2. The van der Waals surface area contributed by atoms with E-state index in [-0.39, 0.29) is 22.2 Å². The number of nitro benzene ring substituents is 1. The van der Waals surface area contributed by atoms with Gasteiger partial charge in [-0.05, 0) is 48.9 Å². The maximum absolute atomic E-state index is 13.0. The molecule has 1 N–H and O–H groups in total. The number of methoxy groups -OCH3 is 1. The second-order valence-corrected chi connectivity index (χ2v) is 8.01. The monoisotopic (exact) mass is 452 g/mol. The lowest BCUT2D eigenvalue weighted by atomic mass is 9.95. The zero-order valence-corrected chi connectivity index (χ0v) is 17.7. The molecule has 162 valence electrons. The predicted octanol–water partition coefficient (Wildman–Crippen LogP) is 3.39. The molecule has 1 amide bonds. The van der Waals surface area contributed by atoms with Gasteiger partial charge in [-0.15, -0.1) is 10.2 Å². The van der Waals surface area contributed by atoms with Crippen molar-refractivity contribution in [2.45, 2.75) is 13.0 Å². The molecule has 0 bridgehead atoms. The molecule has 1 atom stereocenters. The maximum Gasteiger partial charge on any atom is 0.301 e. The van der Waals surface area contributed by atoms with Crippen molar-refractivity contribution in [3.63, 3.8) is 0 Å². The summed E-state index contributed by atoms with van der Waals surface area (Å²) in [5.41, 5.74) is 0.413. The molecular formula is C21H16N4O6S. The highest BCUT2D eigenvalue weighted by molar-refractivity contribution is 7.15. The van der Waals surface area contributed by atoms with Crippen molar-refractivity contribution in [3.05, 3.63) is 80.4 Å². The van der Waals surface area contributed by atoms with Crippen LogP contribution in [0.15, 0.2) is 54.1 Å². The number of ketones is 1. The van der Waals surface area contributed by atoms with Crippen LogP contribution in [-0.2, 0) is 9.59 Å². The fraction of sp³-hybridized carbons (Fsp3) is 0.143. The highest BCUT2D eigenvalue weighted by Gasteiger charge is 2.48. The van der Waals surface area contributed by atoms with E-state index < -0.39 is 22.7 Å². The predicted molar refractivity (Wildman–Crippen MR) is 116 cm³/mol. The van der Waals surface area contributed by atoms with E-state index in [9.17, 15) is 24.8 Å². The highest BCUT2D eigenvalue weighted by atomic mass is 32.1. The van der Waals surface area contributed by atoms with Crippen molar-refractivity contribution in [3.8, 4) is 5.75 Å². The molecule has 3 aromatic rings. The number of hydrogen-bond donors (Lipinski definition) is 1. The van der Waals surface area contributed by atoms with Gasteiger partial charge in [-0.1, -0.05) is 11.3 Å². The zero-order chi connectivity index (χ0) is 23.0. The zero-order valence-electron chi connectivity index (χ0n) is 16.9. The number of hydrogen-bond acceptors (Lipinski definition) is 9. The molecule has 4 rings (SSSR count). The van der Waals surface area contributed by atoms with E-state index in [2.05, 4.69) is 10.2 Å². The van der Waals surface area contributed by atoms with Crippen LogP contribution in [0, 0.1) is 17.0 Å². The molecule has 1 aliphatic rings. The highest BCUT2D eigenvalue weighted by Crippen LogP contribution is 2.43. The van der Waals surface area contributed by atoms with Crippen molar-refractivity contribution in [2.75, 3.05) is 12.0 Å². The van der Waals surface area contributed by atoms with Gasteiger partial charge >= 0.3 is 5.91 Å². The summed E-state index contributed by atoms with van der Waals surface area (Å²) in [5.74, 6) is -1.59. The van der Waals surface area contributed by atoms with E-state index in [0.29, 0.717) is 21.9 Å². The smallest absolute Gasteiger partial charge is 0.301 e. The lowest BCUT2D eigenvalue weighted by Crippen LogP contribution is -2.29. The summed E-state index contributed by atoms with van der Waals surface area (Å²) in [6.07, 6.45) is 0. The average molecular weight is 452 g/mol. The molecule has 2 heterocycles. The number of benzene rings is 2. The topological polar surface area (TPSA) is 136 Å². The molecule has 0 aliphatic carbocycles. The van der Waals surface area contributed by atoms with Gasteiger partial charge in [-0.2, -0.15) is 0 Å². The Hall–Kier alpha value is -4.12. The Morgan fingerprint density at radius 3 is 2.31 bits per heavy atom. The summed E-state index contributed by atoms with van der Waals surface area (Å²) in [6, 6.07) is 10.7. The van der Waals surface area contributed by atoms with Crippen molar-refractivity contribution in [2.24, 2.45) is 0 Å². The number of anilines is 1. The fourth-order valence-electron chi connectivity index (χ4n) is 3.41. The normalized spacial score (nSPS) is 17.6. The summed E-state index contributed by atoms with van der Waals surface area (Å²) in [5, 5.41) is 30.7. The lowest BCUT2D eigenvalue weighted by molar-refractivity contribution is -0.384. The molecule has 32 heavy (non-hydrogen) atoms. The number of amides is 1. The Morgan fingerprint density at radius 1 is 1.12 bits per heavy atom. The van der Waals surface area contributed by atoms with Crippen LogP contribution in [0.25, 0.3) is 5.76 Å². The third-order valence-corrected chi connectivity index (χ3v) is 5.79. The van der Waals surface area contributed by atoms with Gasteiger partial charge in [-0.25, -0.2) is 0 Å². The Morgan fingerprint density at radius 2 is 1.78 bits per heavy atom. The number of aliphatic hydroxyl groups excluding tert-OH is 1. The van der Waals surface area contributed by atoms with Gasteiger partial charge in [-0.3, -0.25) is 24.6 Å². The number of carbonyl (C=O) groups is 2. The number of nitro groups is 1. The van der Waals surface area contributed by atoms with Gasteiger partial charge in [0.2, 0.25) is 5.13 Å². The number of non-ortho nitro benzene ring substituents is 1. The van der Waals surface area contributed by atoms with Gasteiger partial charge in [0, 0.05) is 17.7 Å². The van der Waals surface area contributed by atoms with Crippen LogP contribution in [0.3, 0.4) is 0 Å². The molecule has 1 saturated heterocycles. The number of nitrogens with zero attached hydrogens (tertiary/aromatic N) is 4. The Kier molecular flexibility index (Phi) is 5.41. The van der Waals surface area contributed by atoms with Crippen molar-refractivity contribution < 1.29 is 24.4 Å². The first kappa shape index (κ1) is 21.1. The first-order valence-corrected chi connectivity index (χ1v) is 10.1. The largest absolute Gasteiger partial charge is 0.507 e. The first-order valence-electron chi connectivity index (χ1n) is 9.31. The number of ether oxygens (including phenoxy) is 1. The first-order chi connectivity index (χ1) is 15.3. The van der Waals surface area contributed by atoms with Gasteiger partial charge in [0.15, 0.2) is 0 Å².